The number of hydrogen-bond acceptors (Lipinski definition) is 4. The van der Waals surface area contributed by atoms with E-state index in [1.807, 2.05) is 0 Å². The molecule has 0 aromatic heterocycles. The summed E-state index contributed by atoms with van der Waals surface area (Å²) in [5.74, 6) is -0.210. The van der Waals surface area contributed by atoms with Crippen LogP contribution in [0.25, 0.3) is 0 Å². The topological polar surface area (TPSA) is 87.7 Å². The van der Waals surface area contributed by atoms with E-state index < -0.39 is 17.7 Å². The lowest BCUT2D eigenvalue weighted by molar-refractivity contribution is -0.123. The molecule has 0 spiro atoms. The molecule has 1 atom stereocenters. The van der Waals surface area contributed by atoms with E-state index in [9.17, 15) is 9.59 Å². The second kappa shape index (κ2) is 19.4. The lowest BCUT2D eigenvalue weighted by Gasteiger charge is -2.23. The lowest BCUT2D eigenvalue weighted by Crippen LogP contribution is -2.48. The van der Waals surface area contributed by atoms with Gasteiger partial charge in [-0.2, -0.15) is 0 Å². The van der Waals surface area contributed by atoms with Gasteiger partial charge < -0.3 is 20.5 Å². The van der Waals surface area contributed by atoms with Gasteiger partial charge in [0.1, 0.15) is 11.6 Å². The molecule has 6 nitrogen and oxygen atoms in total. The minimum Gasteiger partial charge on any atom is -0.444 e. The average Bonchev–Trinajstić information content (AvgIpc) is 2.69. The molecule has 0 bridgehead atoms. The maximum absolute atomic E-state index is 12.4. The molecule has 3 N–H and O–H groups in total. The van der Waals surface area contributed by atoms with Gasteiger partial charge in [0, 0.05) is 13.2 Å². The highest BCUT2D eigenvalue weighted by atomic mass is 16.6. The summed E-state index contributed by atoms with van der Waals surface area (Å²) in [5, 5.41) is 14.4. The number of ether oxygens (including phenoxy) is 1. The zero-order valence-electron chi connectivity index (χ0n) is 20.8. The van der Waals surface area contributed by atoms with Crippen LogP contribution >= 0.6 is 0 Å². The van der Waals surface area contributed by atoms with Crippen molar-refractivity contribution in [2.75, 3.05) is 13.2 Å². The second-order valence-corrected chi connectivity index (χ2v) is 9.60. The van der Waals surface area contributed by atoms with Gasteiger partial charge in [0.05, 0.1) is 0 Å². The Hall–Kier alpha value is -1.30. The fraction of sp³-hybridized carbons (Fsp3) is 0.920. The monoisotopic (exact) mass is 442 g/mol. The SMILES string of the molecule is CCCCCCCCCCCCCCC[C@H](NC(=O)OC(C)(C)C)C(=O)NCCCO. The van der Waals surface area contributed by atoms with Crippen molar-refractivity contribution in [2.45, 2.75) is 136 Å². The van der Waals surface area contributed by atoms with Gasteiger partial charge >= 0.3 is 6.09 Å². The summed E-state index contributed by atoms with van der Waals surface area (Å²) < 4.78 is 5.29. The highest BCUT2D eigenvalue weighted by Gasteiger charge is 2.23. The van der Waals surface area contributed by atoms with Crippen LogP contribution in [-0.4, -0.2) is 41.9 Å². The van der Waals surface area contributed by atoms with Gasteiger partial charge in [0.15, 0.2) is 0 Å². The first-order valence-corrected chi connectivity index (χ1v) is 12.7. The summed E-state index contributed by atoms with van der Waals surface area (Å²) in [5.41, 5.74) is -0.600. The molecule has 0 fully saturated rings. The summed E-state index contributed by atoms with van der Waals surface area (Å²) in [4.78, 5) is 24.5. The van der Waals surface area contributed by atoms with Crippen molar-refractivity contribution in [3.8, 4) is 0 Å². The predicted molar refractivity (Wildman–Crippen MR) is 128 cm³/mol. The van der Waals surface area contributed by atoms with E-state index in [0.717, 1.165) is 12.8 Å². The second-order valence-electron chi connectivity index (χ2n) is 9.60. The molecule has 0 aromatic rings. The molecular weight excluding hydrogens is 392 g/mol. The summed E-state index contributed by atoms with van der Waals surface area (Å²) in [6.07, 6.45) is 17.1. The maximum atomic E-state index is 12.4. The zero-order valence-corrected chi connectivity index (χ0v) is 20.8. The summed E-state index contributed by atoms with van der Waals surface area (Å²) in [6, 6.07) is -0.596. The Balaban J connectivity index is 4.00. The summed E-state index contributed by atoms with van der Waals surface area (Å²) >= 11 is 0. The van der Waals surface area contributed by atoms with Crippen LogP contribution in [0.5, 0.6) is 0 Å². The van der Waals surface area contributed by atoms with Crippen LogP contribution in [0.3, 0.4) is 0 Å². The van der Waals surface area contributed by atoms with Gasteiger partial charge in [-0.25, -0.2) is 4.79 Å². The van der Waals surface area contributed by atoms with E-state index in [4.69, 9.17) is 9.84 Å². The molecule has 0 saturated heterocycles. The van der Waals surface area contributed by atoms with Crippen molar-refractivity contribution in [1.82, 2.24) is 10.6 Å². The molecule has 0 aliphatic heterocycles. The molecule has 0 aromatic carbocycles. The standard InChI is InChI=1S/C25H50N2O4/c1-5-6-7-8-9-10-11-12-13-14-15-16-17-19-22(23(29)26-20-18-21-28)27-24(30)31-25(2,3)4/h22,28H,5-21H2,1-4H3,(H,26,29)(H,27,30)/t22-/m0/s1. The summed E-state index contributed by atoms with van der Waals surface area (Å²) in [6.45, 7) is 8.09. The van der Waals surface area contributed by atoms with Crippen molar-refractivity contribution in [3.05, 3.63) is 0 Å². The van der Waals surface area contributed by atoms with E-state index in [0.29, 0.717) is 19.4 Å². The van der Waals surface area contributed by atoms with E-state index in [2.05, 4.69) is 17.6 Å². The van der Waals surface area contributed by atoms with Crippen molar-refractivity contribution < 1.29 is 19.4 Å². The smallest absolute Gasteiger partial charge is 0.408 e. The van der Waals surface area contributed by atoms with Gasteiger partial charge in [0.25, 0.3) is 0 Å². The van der Waals surface area contributed by atoms with Crippen molar-refractivity contribution in [1.29, 1.82) is 0 Å². The molecule has 184 valence electrons. The average molecular weight is 443 g/mol. The Kier molecular flexibility index (Phi) is 18.6. The molecule has 0 radical (unpaired) electrons. The van der Waals surface area contributed by atoms with Crippen LogP contribution in [-0.2, 0) is 9.53 Å². The molecule has 31 heavy (non-hydrogen) atoms. The van der Waals surface area contributed by atoms with Gasteiger partial charge in [0.2, 0.25) is 5.91 Å². The quantitative estimate of drug-likeness (QED) is 0.219. The molecule has 0 unspecified atom stereocenters. The van der Waals surface area contributed by atoms with Gasteiger partial charge in [-0.15, -0.1) is 0 Å². The number of unbranched alkanes of at least 4 members (excludes halogenated alkanes) is 12. The normalized spacial score (nSPS) is 12.4. The van der Waals surface area contributed by atoms with Crippen molar-refractivity contribution >= 4 is 12.0 Å². The van der Waals surface area contributed by atoms with Crippen LogP contribution in [0.15, 0.2) is 0 Å². The van der Waals surface area contributed by atoms with Gasteiger partial charge in [-0.1, -0.05) is 90.4 Å². The molecule has 0 aliphatic rings. The fourth-order valence-electron chi connectivity index (χ4n) is 3.50. The Bertz CT molecular complexity index is 449. The van der Waals surface area contributed by atoms with Crippen LogP contribution in [0, 0.1) is 0 Å². The number of alkyl carbamates (subject to hydrolysis) is 1. The lowest BCUT2D eigenvalue weighted by atomic mass is 10.0. The molecule has 0 saturated carbocycles. The van der Waals surface area contributed by atoms with E-state index >= 15 is 0 Å². The first-order valence-electron chi connectivity index (χ1n) is 12.7. The third-order valence-corrected chi connectivity index (χ3v) is 5.24. The Morgan fingerprint density at radius 2 is 1.29 bits per heavy atom. The number of nitrogens with one attached hydrogen (secondary N) is 2. The van der Waals surface area contributed by atoms with Gasteiger partial charge in [-0.3, -0.25) is 4.79 Å². The van der Waals surface area contributed by atoms with Crippen LogP contribution in [0.1, 0.15) is 124 Å². The minimum absolute atomic E-state index is 0.0310. The molecular formula is C25H50N2O4. The van der Waals surface area contributed by atoms with E-state index in [1.165, 1.54) is 70.6 Å². The highest BCUT2D eigenvalue weighted by Crippen LogP contribution is 2.14. The Labute approximate surface area is 191 Å². The number of aliphatic hydroxyl groups excluding tert-OH is 1. The molecule has 0 heterocycles. The van der Waals surface area contributed by atoms with Gasteiger partial charge in [-0.05, 0) is 33.6 Å². The van der Waals surface area contributed by atoms with Crippen LogP contribution in [0.2, 0.25) is 0 Å². The minimum atomic E-state index is -0.600. The van der Waals surface area contributed by atoms with Crippen molar-refractivity contribution in [3.63, 3.8) is 0 Å². The number of carbonyl (C=O) groups excluding carboxylic acids is 2. The molecule has 2 amide bonds. The molecule has 6 heteroatoms. The van der Waals surface area contributed by atoms with Crippen LogP contribution < -0.4 is 10.6 Å². The largest absolute Gasteiger partial charge is 0.444 e. The molecule has 0 aliphatic carbocycles. The third kappa shape index (κ3) is 20.4. The highest BCUT2D eigenvalue weighted by molar-refractivity contribution is 5.85. The Morgan fingerprint density at radius 1 is 0.806 bits per heavy atom. The number of amides is 2. The number of aliphatic hydroxyl groups is 1. The third-order valence-electron chi connectivity index (χ3n) is 5.24. The molecule has 0 rings (SSSR count). The first-order chi connectivity index (χ1) is 14.8. The predicted octanol–water partition coefficient (Wildman–Crippen LogP) is 5.86. The van der Waals surface area contributed by atoms with Crippen molar-refractivity contribution in [2.24, 2.45) is 0 Å². The summed E-state index contributed by atoms with van der Waals surface area (Å²) in [7, 11) is 0. The van der Waals surface area contributed by atoms with E-state index in [-0.39, 0.29) is 12.5 Å². The maximum Gasteiger partial charge on any atom is 0.408 e. The number of carbonyl (C=O) groups is 2. The Morgan fingerprint density at radius 3 is 1.74 bits per heavy atom. The number of rotatable bonds is 19. The number of hydrogen-bond donors (Lipinski definition) is 3. The zero-order chi connectivity index (χ0) is 23.4. The fourth-order valence-corrected chi connectivity index (χ4v) is 3.50. The first kappa shape index (κ1) is 29.7. The van der Waals surface area contributed by atoms with E-state index in [1.54, 1.807) is 20.8 Å². The van der Waals surface area contributed by atoms with Crippen LogP contribution in [0.4, 0.5) is 4.79 Å².